The first-order valence-corrected chi connectivity index (χ1v) is 7.10. The smallest absolute Gasteiger partial charge is 0.120 e. The fourth-order valence-electron chi connectivity index (χ4n) is 2.10. The molecule has 0 fully saturated rings. The number of phenolic OH excluding ortho intramolecular Hbond substituents is 2. The van der Waals surface area contributed by atoms with Crippen LogP contribution < -0.4 is 10.1 Å². The van der Waals surface area contributed by atoms with E-state index < -0.39 is 0 Å². The summed E-state index contributed by atoms with van der Waals surface area (Å²) in [6.07, 6.45) is 0.860. The van der Waals surface area contributed by atoms with Crippen LogP contribution in [0.2, 0.25) is 0 Å². The molecular weight excluding hydrogens is 266 g/mol. The van der Waals surface area contributed by atoms with Crippen LogP contribution in [0.5, 0.6) is 17.2 Å². The maximum Gasteiger partial charge on any atom is 0.120 e. The third-order valence-corrected chi connectivity index (χ3v) is 3.26. The molecular formula is C17H21NO3. The van der Waals surface area contributed by atoms with Gasteiger partial charge in [0.05, 0.1) is 6.61 Å². The van der Waals surface area contributed by atoms with Crippen LogP contribution >= 0.6 is 0 Å². The molecule has 0 bridgehead atoms. The molecule has 2 rings (SSSR count). The number of phenols is 2. The van der Waals surface area contributed by atoms with E-state index in [4.69, 9.17) is 4.74 Å². The summed E-state index contributed by atoms with van der Waals surface area (Å²) in [6.45, 7) is 3.35. The second-order valence-corrected chi connectivity index (χ2v) is 4.93. The minimum atomic E-state index is -0.0335. The average molecular weight is 287 g/mol. The minimum Gasteiger partial charge on any atom is -0.508 e. The highest BCUT2D eigenvalue weighted by Crippen LogP contribution is 2.27. The number of ether oxygens (including phenoxy) is 1. The van der Waals surface area contributed by atoms with Crippen LogP contribution in [0, 0.1) is 0 Å². The highest BCUT2D eigenvalue weighted by molar-refractivity contribution is 5.40. The lowest BCUT2D eigenvalue weighted by Gasteiger charge is -2.16. The predicted octanol–water partition coefficient (Wildman–Crippen LogP) is 3.22. The molecule has 0 heterocycles. The van der Waals surface area contributed by atoms with Gasteiger partial charge in [-0.3, -0.25) is 0 Å². The quantitative estimate of drug-likeness (QED) is 0.540. The Labute approximate surface area is 125 Å². The summed E-state index contributed by atoms with van der Waals surface area (Å²) in [5.74, 6) is 1.22. The van der Waals surface area contributed by atoms with Gasteiger partial charge in [-0.1, -0.05) is 18.2 Å². The molecule has 0 aliphatic heterocycles. The molecule has 0 saturated carbocycles. The van der Waals surface area contributed by atoms with Gasteiger partial charge in [0.25, 0.3) is 0 Å². The van der Waals surface area contributed by atoms with Crippen LogP contribution in [0.25, 0.3) is 0 Å². The van der Waals surface area contributed by atoms with Crippen molar-refractivity contribution in [1.29, 1.82) is 0 Å². The van der Waals surface area contributed by atoms with E-state index in [0.717, 1.165) is 18.7 Å². The van der Waals surface area contributed by atoms with Crippen LogP contribution in [0.3, 0.4) is 0 Å². The molecule has 0 spiro atoms. The summed E-state index contributed by atoms with van der Waals surface area (Å²) in [4.78, 5) is 0. The molecule has 1 atom stereocenters. The van der Waals surface area contributed by atoms with Crippen LogP contribution in [-0.2, 0) is 0 Å². The van der Waals surface area contributed by atoms with Gasteiger partial charge >= 0.3 is 0 Å². The molecule has 0 aromatic heterocycles. The highest BCUT2D eigenvalue weighted by Gasteiger charge is 2.10. The van der Waals surface area contributed by atoms with Gasteiger partial charge in [0, 0.05) is 11.6 Å². The third kappa shape index (κ3) is 4.68. The van der Waals surface area contributed by atoms with E-state index >= 15 is 0 Å². The molecule has 4 nitrogen and oxygen atoms in total. The van der Waals surface area contributed by atoms with Crippen molar-refractivity contribution in [2.45, 2.75) is 19.4 Å². The number of benzene rings is 2. The second kappa shape index (κ2) is 7.55. The van der Waals surface area contributed by atoms with Crippen LogP contribution in [0.4, 0.5) is 0 Å². The summed E-state index contributed by atoms with van der Waals surface area (Å²) in [7, 11) is 0. The monoisotopic (exact) mass is 287 g/mol. The van der Waals surface area contributed by atoms with E-state index in [1.165, 1.54) is 12.1 Å². The maximum atomic E-state index is 9.78. The summed E-state index contributed by atoms with van der Waals surface area (Å²) < 4.78 is 5.61. The Morgan fingerprint density at radius 3 is 2.62 bits per heavy atom. The van der Waals surface area contributed by atoms with Crippen LogP contribution in [-0.4, -0.2) is 23.4 Å². The molecule has 0 aliphatic rings. The lowest BCUT2D eigenvalue weighted by Crippen LogP contribution is -2.21. The Morgan fingerprint density at radius 2 is 1.86 bits per heavy atom. The van der Waals surface area contributed by atoms with E-state index in [1.54, 1.807) is 6.07 Å². The molecule has 0 aliphatic carbocycles. The first kappa shape index (κ1) is 15.2. The Kier molecular flexibility index (Phi) is 5.46. The highest BCUT2D eigenvalue weighted by atomic mass is 16.5. The fraction of sp³-hybridized carbons (Fsp3) is 0.294. The van der Waals surface area contributed by atoms with Crippen molar-refractivity contribution in [3.63, 3.8) is 0 Å². The van der Waals surface area contributed by atoms with Gasteiger partial charge in [-0.25, -0.2) is 0 Å². The summed E-state index contributed by atoms with van der Waals surface area (Å²) in [6, 6.07) is 14.2. The van der Waals surface area contributed by atoms with Crippen molar-refractivity contribution in [3.8, 4) is 17.2 Å². The van der Waals surface area contributed by atoms with Crippen molar-refractivity contribution in [2.75, 3.05) is 13.2 Å². The van der Waals surface area contributed by atoms with E-state index in [1.807, 2.05) is 37.3 Å². The van der Waals surface area contributed by atoms with E-state index in [2.05, 4.69) is 5.32 Å². The van der Waals surface area contributed by atoms with Crippen LogP contribution in [0.1, 0.15) is 24.9 Å². The zero-order valence-corrected chi connectivity index (χ0v) is 12.1. The summed E-state index contributed by atoms with van der Waals surface area (Å²) >= 11 is 0. The Hall–Kier alpha value is -2.20. The molecule has 112 valence electrons. The molecule has 0 amide bonds. The maximum absolute atomic E-state index is 9.78. The zero-order chi connectivity index (χ0) is 15.1. The lowest BCUT2D eigenvalue weighted by atomic mass is 10.1. The summed E-state index contributed by atoms with van der Waals surface area (Å²) in [5.41, 5.74) is 0.693. The van der Waals surface area contributed by atoms with Crippen molar-refractivity contribution in [3.05, 3.63) is 54.1 Å². The SMILES string of the molecule is CC(NCCCOc1ccccc1)c1cc(O)ccc1O. The Balaban J connectivity index is 1.72. The van der Waals surface area contributed by atoms with Crippen molar-refractivity contribution in [1.82, 2.24) is 5.32 Å². The third-order valence-electron chi connectivity index (χ3n) is 3.26. The largest absolute Gasteiger partial charge is 0.508 e. The molecule has 0 radical (unpaired) electrons. The molecule has 4 heteroatoms. The number of aromatic hydroxyl groups is 2. The second-order valence-electron chi connectivity index (χ2n) is 4.93. The Bertz CT molecular complexity index is 557. The van der Waals surface area contributed by atoms with Crippen molar-refractivity contribution in [2.24, 2.45) is 0 Å². The topological polar surface area (TPSA) is 61.7 Å². The molecule has 1 unspecified atom stereocenters. The number of para-hydroxylation sites is 1. The van der Waals surface area contributed by atoms with Gasteiger partial charge in [-0.05, 0) is 50.2 Å². The average Bonchev–Trinajstić information content (AvgIpc) is 2.50. The molecule has 2 aromatic rings. The van der Waals surface area contributed by atoms with E-state index in [0.29, 0.717) is 12.2 Å². The van der Waals surface area contributed by atoms with Crippen molar-refractivity contribution < 1.29 is 14.9 Å². The summed E-state index contributed by atoms with van der Waals surface area (Å²) in [5, 5.41) is 22.5. The van der Waals surface area contributed by atoms with E-state index in [-0.39, 0.29) is 17.5 Å². The normalized spacial score (nSPS) is 12.0. The first-order chi connectivity index (χ1) is 10.2. The number of hydrogen-bond acceptors (Lipinski definition) is 4. The fourth-order valence-corrected chi connectivity index (χ4v) is 2.10. The van der Waals surface area contributed by atoms with Gasteiger partial charge in [0.1, 0.15) is 17.2 Å². The first-order valence-electron chi connectivity index (χ1n) is 7.10. The molecule has 3 N–H and O–H groups in total. The standard InChI is InChI=1S/C17H21NO3/c1-13(16-12-14(19)8-9-17(16)20)18-10-5-11-21-15-6-3-2-4-7-15/h2-4,6-9,12-13,18-20H,5,10-11H2,1H3. The van der Waals surface area contributed by atoms with Gasteiger partial charge in [-0.15, -0.1) is 0 Å². The van der Waals surface area contributed by atoms with Gasteiger partial charge in [-0.2, -0.15) is 0 Å². The van der Waals surface area contributed by atoms with Crippen LogP contribution in [0.15, 0.2) is 48.5 Å². The van der Waals surface area contributed by atoms with E-state index in [9.17, 15) is 10.2 Å². The number of hydrogen-bond donors (Lipinski definition) is 3. The number of nitrogens with one attached hydrogen (secondary N) is 1. The number of rotatable bonds is 7. The lowest BCUT2D eigenvalue weighted by molar-refractivity contribution is 0.305. The predicted molar refractivity (Wildman–Crippen MR) is 82.7 cm³/mol. The minimum absolute atomic E-state index is 0.0335. The van der Waals surface area contributed by atoms with Crippen molar-refractivity contribution >= 4 is 0 Å². The van der Waals surface area contributed by atoms with Gasteiger partial charge < -0.3 is 20.3 Å². The van der Waals surface area contributed by atoms with Gasteiger partial charge in [0.15, 0.2) is 0 Å². The zero-order valence-electron chi connectivity index (χ0n) is 12.1. The molecule has 21 heavy (non-hydrogen) atoms. The Morgan fingerprint density at radius 1 is 1.10 bits per heavy atom. The molecule has 2 aromatic carbocycles. The molecule has 0 saturated heterocycles. The van der Waals surface area contributed by atoms with Gasteiger partial charge in [0.2, 0.25) is 0 Å².